The van der Waals surface area contributed by atoms with Crippen LogP contribution >= 0.6 is 11.8 Å². The highest BCUT2D eigenvalue weighted by molar-refractivity contribution is 7.99. The number of benzene rings is 1. The molecule has 0 spiro atoms. The lowest BCUT2D eigenvalue weighted by molar-refractivity contribution is 0.218. The molecule has 0 radical (unpaired) electrons. The van der Waals surface area contributed by atoms with E-state index < -0.39 is 17.7 Å². The van der Waals surface area contributed by atoms with E-state index in [1.807, 2.05) is 0 Å². The Morgan fingerprint density at radius 2 is 2.19 bits per heavy atom. The van der Waals surface area contributed by atoms with Gasteiger partial charge < -0.3 is 10.5 Å². The molecule has 1 aromatic rings. The van der Waals surface area contributed by atoms with E-state index in [1.54, 1.807) is 18.9 Å². The highest BCUT2D eigenvalue weighted by Crippen LogP contribution is 2.19. The zero-order valence-corrected chi connectivity index (χ0v) is 9.90. The maximum absolute atomic E-state index is 13.3. The maximum atomic E-state index is 13.3. The second kappa shape index (κ2) is 6.83. The molecule has 0 heterocycles. The molecule has 0 aliphatic rings. The standard InChI is InChI=1S/C11H15F2NOS/c1-15-4-5-16-7-11(14)9-3-2-8(12)6-10(9)13/h2-3,6,11H,4-5,7,14H2,1H3. The molecular weight excluding hydrogens is 232 g/mol. The summed E-state index contributed by atoms with van der Waals surface area (Å²) in [7, 11) is 1.63. The first-order valence-corrected chi connectivity index (χ1v) is 6.08. The third-order valence-electron chi connectivity index (χ3n) is 2.09. The van der Waals surface area contributed by atoms with Crippen molar-refractivity contribution in [3.8, 4) is 0 Å². The van der Waals surface area contributed by atoms with Gasteiger partial charge in [0, 0.05) is 36.3 Å². The van der Waals surface area contributed by atoms with Crippen LogP contribution in [0.4, 0.5) is 8.78 Å². The van der Waals surface area contributed by atoms with E-state index in [4.69, 9.17) is 10.5 Å². The first-order chi connectivity index (χ1) is 7.65. The summed E-state index contributed by atoms with van der Waals surface area (Å²) in [4.78, 5) is 0. The third kappa shape index (κ3) is 4.08. The van der Waals surface area contributed by atoms with Crippen LogP contribution in [0, 0.1) is 11.6 Å². The summed E-state index contributed by atoms with van der Waals surface area (Å²) in [6, 6.07) is 3.06. The van der Waals surface area contributed by atoms with Crippen LogP contribution in [-0.4, -0.2) is 25.2 Å². The summed E-state index contributed by atoms with van der Waals surface area (Å²) in [5.74, 6) is 0.235. The molecule has 0 aliphatic carbocycles. The Balaban J connectivity index is 2.49. The highest BCUT2D eigenvalue weighted by Gasteiger charge is 2.11. The SMILES string of the molecule is COCCSCC(N)c1ccc(F)cc1F. The van der Waals surface area contributed by atoms with Gasteiger partial charge in [0.15, 0.2) is 0 Å². The maximum Gasteiger partial charge on any atom is 0.130 e. The molecular formula is C11H15F2NOS. The van der Waals surface area contributed by atoms with Crippen LogP contribution in [0.2, 0.25) is 0 Å². The predicted molar refractivity (Wildman–Crippen MR) is 62.5 cm³/mol. The molecule has 90 valence electrons. The molecule has 0 aromatic heterocycles. The quantitative estimate of drug-likeness (QED) is 0.784. The molecule has 0 saturated heterocycles. The van der Waals surface area contributed by atoms with Crippen molar-refractivity contribution in [2.24, 2.45) is 5.73 Å². The van der Waals surface area contributed by atoms with Crippen LogP contribution < -0.4 is 5.73 Å². The topological polar surface area (TPSA) is 35.2 Å². The Kier molecular flexibility index (Phi) is 5.73. The summed E-state index contributed by atoms with van der Waals surface area (Å²) in [6.07, 6.45) is 0. The summed E-state index contributed by atoms with van der Waals surface area (Å²) in [5, 5.41) is 0. The number of methoxy groups -OCH3 is 1. The summed E-state index contributed by atoms with van der Waals surface area (Å²) >= 11 is 1.58. The number of nitrogens with two attached hydrogens (primary N) is 1. The van der Waals surface area contributed by atoms with Gasteiger partial charge in [0.2, 0.25) is 0 Å². The van der Waals surface area contributed by atoms with Crippen molar-refractivity contribution in [1.82, 2.24) is 0 Å². The van der Waals surface area contributed by atoms with Crippen LogP contribution in [0.25, 0.3) is 0 Å². The molecule has 1 atom stereocenters. The van der Waals surface area contributed by atoms with Crippen LogP contribution in [0.15, 0.2) is 18.2 Å². The first-order valence-electron chi connectivity index (χ1n) is 4.92. The van der Waals surface area contributed by atoms with Gasteiger partial charge in [0.1, 0.15) is 11.6 Å². The van der Waals surface area contributed by atoms with Gasteiger partial charge in [-0.2, -0.15) is 11.8 Å². The highest BCUT2D eigenvalue weighted by atomic mass is 32.2. The van der Waals surface area contributed by atoms with E-state index in [-0.39, 0.29) is 0 Å². The Labute approximate surface area is 98.2 Å². The fourth-order valence-corrected chi connectivity index (χ4v) is 2.13. The smallest absolute Gasteiger partial charge is 0.130 e. The summed E-state index contributed by atoms with van der Waals surface area (Å²) < 4.78 is 30.9. The van der Waals surface area contributed by atoms with E-state index in [0.29, 0.717) is 17.9 Å². The molecule has 0 bridgehead atoms. The molecule has 16 heavy (non-hydrogen) atoms. The average molecular weight is 247 g/mol. The summed E-state index contributed by atoms with van der Waals surface area (Å²) in [6.45, 7) is 0.642. The monoisotopic (exact) mass is 247 g/mol. The number of ether oxygens (including phenoxy) is 1. The minimum atomic E-state index is -0.583. The first kappa shape index (κ1) is 13.4. The normalized spacial score (nSPS) is 12.8. The van der Waals surface area contributed by atoms with Crippen molar-refractivity contribution in [1.29, 1.82) is 0 Å². The molecule has 0 amide bonds. The van der Waals surface area contributed by atoms with Crippen LogP contribution in [0.5, 0.6) is 0 Å². The van der Waals surface area contributed by atoms with Crippen LogP contribution in [0.3, 0.4) is 0 Å². The number of hydrogen-bond acceptors (Lipinski definition) is 3. The van der Waals surface area contributed by atoms with Crippen molar-refractivity contribution in [2.45, 2.75) is 6.04 Å². The Bertz CT molecular complexity index is 336. The van der Waals surface area contributed by atoms with Gasteiger partial charge in [-0.25, -0.2) is 8.78 Å². The van der Waals surface area contributed by atoms with E-state index in [9.17, 15) is 8.78 Å². The van der Waals surface area contributed by atoms with E-state index in [1.165, 1.54) is 12.1 Å². The van der Waals surface area contributed by atoms with E-state index in [0.717, 1.165) is 11.8 Å². The second-order valence-electron chi connectivity index (χ2n) is 3.34. The molecule has 0 fully saturated rings. The van der Waals surface area contributed by atoms with Gasteiger partial charge in [-0.3, -0.25) is 0 Å². The molecule has 1 aromatic carbocycles. The van der Waals surface area contributed by atoms with E-state index in [2.05, 4.69) is 0 Å². The van der Waals surface area contributed by atoms with Crippen LogP contribution in [0.1, 0.15) is 11.6 Å². The minimum absolute atomic E-state index is 0.353. The molecule has 2 N–H and O–H groups in total. The van der Waals surface area contributed by atoms with Gasteiger partial charge in [0.05, 0.1) is 6.61 Å². The lowest BCUT2D eigenvalue weighted by Gasteiger charge is -2.12. The summed E-state index contributed by atoms with van der Waals surface area (Å²) in [5.41, 5.74) is 6.16. The Hall–Kier alpha value is -0.650. The van der Waals surface area contributed by atoms with Crippen molar-refractivity contribution >= 4 is 11.8 Å². The zero-order valence-electron chi connectivity index (χ0n) is 9.08. The van der Waals surface area contributed by atoms with Crippen LogP contribution in [-0.2, 0) is 4.74 Å². The number of rotatable bonds is 6. The second-order valence-corrected chi connectivity index (χ2v) is 4.49. The lowest BCUT2D eigenvalue weighted by Crippen LogP contribution is -2.15. The molecule has 5 heteroatoms. The molecule has 1 unspecified atom stereocenters. The molecule has 1 rings (SSSR count). The Morgan fingerprint density at radius 1 is 1.44 bits per heavy atom. The lowest BCUT2D eigenvalue weighted by atomic mass is 10.1. The van der Waals surface area contributed by atoms with Crippen molar-refractivity contribution in [3.63, 3.8) is 0 Å². The number of thioether (sulfide) groups is 1. The molecule has 2 nitrogen and oxygen atoms in total. The van der Waals surface area contributed by atoms with Crippen molar-refractivity contribution in [2.75, 3.05) is 25.2 Å². The fourth-order valence-electron chi connectivity index (χ4n) is 1.24. The van der Waals surface area contributed by atoms with Crippen molar-refractivity contribution < 1.29 is 13.5 Å². The minimum Gasteiger partial charge on any atom is -0.384 e. The van der Waals surface area contributed by atoms with E-state index >= 15 is 0 Å². The van der Waals surface area contributed by atoms with Crippen molar-refractivity contribution in [3.05, 3.63) is 35.4 Å². The average Bonchev–Trinajstić information content (AvgIpc) is 2.24. The molecule has 0 saturated carbocycles. The zero-order chi connectivity index (χ0) is 12.0. The molecule has 0 aliphatic heterocycles. The van der Waals surface area contributed by atoms with Gasteiger partial charge in [-0.15, -0.1) is 0 Å². The largest absolute Gasteiger partial charge is 0.384 e. The van der Waals surface area contributed by atoms with Gasteiger partial charge >= 0.3 is 0 Å². The predicted octanol–water partition coefficient (Wildman–Crippen LogP) is 2.34. The third-order valence-corrected chi connectivity index (χ3v) is 3.14. The van der Waals surface area contributed by atoms with Gasteiger partial charge in [0.25, 0.3) is 0 Å². The fraction of sp³-hybridized carbons (Fsp3) is 0.455. The van der Waals surface area contributed by atoms with Gasteiger partial charge in [-0.1, -0.05) is 6.07 Å². The number of hydrogen-bond donors (Lipinski definition) is 1. The Morgan fingerprint density at radius 3 is 2.81 bits per heavy atom. The number of halogens is 2. The van der Waals surface area contributed by atoms with Gasteiger partial charge in [-0.05, 0) is 6.07 Å².